The number of urea groups is 1. The van der Waals surface area contributed by atoms with E-state index < -0.39 is 0 Å². The number of carbonyl (C=O) groups excluding carboxylic acids is 1. The Morgan fingerprint density at radius 2 is 2.00 bits per heavy atom. The first-order valence-electron chi connectivity index (χ1n) is 8.41. The summed E-state index contributed by atoms with van der Waals surface area (Å²) in [5.74, 6) is 0. The van der Waals surface area contributed by atoms with Crippen LogP contribution in [-0.4, -0.2) is 63.8 Å². The van der Waals surface area contributed by atoms with E-state index in [1.807, 2.05) is 28.5 Å². The first-order chi connectivity index (χ1) is 10.8. The van der Waals surface area contributed by atoms with Crippen LogP contribution in [0.4, 0.5) is 4.79 Å². The van der Waals surface area contributed by atoms with E-state index in [4.69, 9.17) is 4.74 Å². The van der Waals surface area contributed by atoms with Crippen molar-refractivity contribution in [3.05, 3.63) is 18.7 Å². The molecule has 3 fully saturated rings. The minimum absolute atomic E-state index is 0.150. The van der Waals surface area contributed by atoms with Gasteiger partial charge in [0.1, 0.15) is 0 Å². The van der Waals surface area contributed by atoms with E-state index >= 15 is 0 Å². The zero-order valence-corrected chi connectivity index (χ0v) is 13.0. The summed E-state index contributed by atoms with van der Waals surface area (Å²) in [6.45, 7) is 4.17. The van der Waals surface area contributed by atoms with Crippen molar-refractivity contribution in [2.45, 2.75) is 43.7 Å². The molecule has 1 spiro atoms. The van der Waals surface area contributed by atoms with Crippen LogP contribution in [0.5, 0.6) is 0 Å². The second-order valence-corrected chi connectivity index (χ2v) is 6.86. The smallest absolute Gasteiger partial charge is 0.320 e. The van der Waals surface area contributed by atoms with Crippen molar-refractivity contribution >= 4 is 6.03 Å². The van der Waals surface area contributed by atoms with Crippen LogP contribution in [0.1, 0.15) is 38.1 Å². The van der Waals surface area contributed by atoms with Gasteiger partial charge in [-0.2, -0.15) is 0 Å². The summed E-state index contributed by atoms with van der Waals surface area (Å²) in [5.41, 5.74) is -0.150. The fourth-order valence-corrected chi connectivity index (χ4v) is 4.15. The Morgan fingerprint density at radius 1 is 1.18 bits per heavy atom. The maximum Gasteiger partial charge on any atom is 0.320 e. The lowest BCUT2D eigenvalue weighted by atomic mass is 9.89. The molecular weight excluding hydrogens is 280 g/mol. The molecule has 0 aromatic carbocycles. The molecule has 2 atom stereocenters. The molecule has 1 aromatic rings. The highest BCUT2D eigenvalue weighted by molar-refractivity contribution is 5.75. The van der Waals surface area contributed by atoms with E-state index in [-0.39, 0.29) is 11.6 Å². The van der Waals surface area contributed by atoms with Crippen LogP contribution in [0.25, 0.3) is 0 Å². The summed E-state index contributed by atoms with van der Waals surface area (Å²) in [7, 11) is 0. The van der Waals surface area contributed by atoms with Crippen molar-refractivity contribution in [1.82, 2.24) is 19.4 Å². The Kier molecular flexibility index (Phi) is 3.56. The van der Waals surface area contributed by atoms with Gasteiger partial charge < -0.3 is 19.1 Å². The molecule has 3 aliphatic rings. The molecule has 0 radical (unpaired) electrons. The molecule has 3 aliphatic heterocycles. The van der Waals surface area contributed by atoms with E-state index in [0.29, 0.717) is 6.04 Å². The van der Waals surface area contributed by atoms with Gasteiger partial charge in [0.05, 0.1) is 31.1 Å². The van der Waals surface area contributed by atoms with Crippen LogP contribution < -0.4 is 0 Å². The van der Waals surface area contributed by atoms with Crippen molar-refractivity contribution in [2.75, 3.05) is 32.8 Å². The van der Waals surface area contributed by atoms with Crippen LogP contribution in [0.2, 0.25) is 0 Å². The van der Waals surface area contributed by atoms with Crippen LogP contribution in [-0.2, 0) is 4.74 Å². The molecule has 0 aliphatic carbocycles. The molecule has 4 rings (SSSR count). The van der Waals surface area contributed by atoms with Gasteiger partial charge in [0.25, 0.3) is 0 Å². The molecule has 3 saturated heterocycles. The standard InChI is InChI=1S/C16H24N4O2/c21-15(18-6-1-2-7-18)19-8-3-4-16(12-19)10-14(11-22-16)20-9-5-17-13-20/h5,9,13-14H,1-4,6-8,10-12H2/t14-,16+/m1/s1. The summed E-state index contributed by atoms with van der Waals surface area (Å²) in [6.07, 6.45) is 11.0. The number of imidazole rings is 1. The normalized spacial score (nSPS) is 32.1. The van der Waals surface area contributed by atoms with Crippen molar-refractivity contribution in [3.8, 4) is 0 Å². The number of piperidine rings is 1. The van der Waals surface area contributed by atoms with Gasteiger partial charge in [0, 0.05) is 38.4 Å². The lowest BCUT2D eigenvalue weighted by molar-refractivity contribution is -0.0437. The summed E-state index contributed by atoms with van der Waals surface area (Å²) >= 11 is 0. The lowest BCUT2D eigenvalue weighted by Gasteiger charge is -2.41. The quantitative estimate of drug-likeness (QED) is 0.796. The molecule has 0 unspecified atom stereocenters. The minimum atomic E-state index is -0.150. The number of nitrogens with zero attached hydrogens (tertiary/aromatic N) is 4. The lowest BCUT2D eigenvalue weighted by Crippen LogP contribution is -2.53. The summed E-state index contributed by atoms with van der Waals surface area (Å²) in [5, 5.41) is 0. The van der Waals surface area contributed by atoms with E-state index in [9.17, 15) is 4.79 Å². The number of hydrogen-bond donors (Lipinski definition) is 0. The first-order valence-corrected chi connectivity index (χ1v) is 8.41. The highest BCUT2D eigenvalue weighted by Crippen LogP contribution is 2.39. The van der Waals surface area contributed by atoms with E-state index in [2.05, 4.69) is 9.55 Å². The predicted molar refractivity (Wildman–Crippen MR) is 81.6 cm³/mol. The first kappa shape index (κ1) is 14.1. The number of ether oxygens (including phenoxy) is 1. The van der Waals surface area contributed by atoms with E-state index in [1.165, 1.54) is 0 Å². The highest BCUT2D eigenvalue weighted by Gasteiger charge is 2.45. The topological polar surface area (TPSA) is 50.6 Å². The van der Waals surface area contributed by atoms with Gasteiger partial charge in [-0.15, -0.1) is 0 Å². The Labute approximate surface area is 131 Å². The Hall–Kier alpha value is -1.56. The van der Waals surface area contributed by atoms with Crippen LogP contribution in [0.3, 0.4) is 0 Å². The molecule has 22 heavy (non-hydrogen) atoms. The zero-order chi connectivity index (χ0) is 15.0. The monoisotopic (exact) mass is 304 g/mol. The molecule has 120 valence electrons. The van der Waals surface area contributed by atoms with Crippen molar-refractivity contribution in [2.24, 2.45) is 0 Å². The number of aromatic nitrogens is 2. The zero-order valence-electron chi connectivity index (χ0n) is 13.0. The fraction of sp³-hybridized carbons (Fsp3) is 0.750. The number of rotatable bonds is 1. The molecule has 6 nitrogen and oxygen atoms in total. The number of amides is 2. The average Bonchev–Trinajstić information content (AvgIpc) is 3.28. The summed E-state index contributed by atoms with van der Waals surface area (Å²) in [6, 6.07) is 0.565. The van der Waals surface area contributed by atoms with Gasteiger partial charge in [0.15, 0.2) is 0 Å². The van der Waals surface area contributed by atoms with Gasteiger partial charge in [0.2, 0.25) is 0 Å². The molecule has 0 bridgehead atoms. The van der Waals surface area contributed by atoms with Crippen LogP contribution >= 0.6 is 0 Å². The van der Waals surface area contributed by atoms with Gasteiger partial charge in [-0.05, 0) is 25.7 Å². The van der Waals surface area contributed by atoms with Crippen molar-refractivity contribution in [1.29, 1.82) is 0 Å². The second kappa shape index (κ2) is 5.57. The van der Waals surface area contributed by atoms with Gasteiger partial charge >= 0.3 is 6.03 Å². The van der Waals surface area contributed by atoms with Gasteiger partial charge in [-0.25, -0.2) is 9.78 Å². The number of carbonyl (C=O) groups is 1. The maximum absolute atomic E-state index is 12.6. The van der Waals surface area contributed by atoms with Gasteiger partial charge in [-0.3, -0.25) is 0 Å². The third-order valence-corrected chi connectivity index (χ3v) is 5.32. The minimum Gasteiger partial charge on any atom is -0.371 e. The maximum atomic E-state index is 12.6. The molecule has 0 saturated carbocycles. The molecule has 1 aromatic heterocycles. The second-order valence-electron chi connectivity index (χ2n) is 6.86. The Bertz CT molecular complexity index is 526. The Morgan fingerprint density at radius 3 is 2.77 bits per heavy atom. The summed E-state index contributed by atoms with van der Waals surface area (Å²) in [4.78, 5) is 20.8. The highest BCUT2D eigenvalue weighted by atomic mass is 16.5. The molecular formula is C16H24N4O2. The predicted octanol–water partition coefficient (Wildman–Crippen LogP) is 1.89. The average molecular weight is 304 g/mol. The van der Waals surface area contributed by atoms with Crippen LogP contribution in [0.15, 0.2) is 18.7 Å². The van der Waals surface area contributed by atoms with Crippen molar-refractivity contribution < 1.29 is 9.53 Å². The number of hydrogen-bond acceptors (Lipinski definition) is 3. The number of likely N-dealkylation sites (tertiary alicyclic amines) is 2. The molecule has 0 N–H and O–H groups in total. The molecule has 2 amide bonds. The largest absolute Gasteiger partial charge is 0.371 e. The summed E-state index contributed by atoms with van der Waals surface area (Å²) < 4.78 is 8.33. The van der Waals surface area contributed by atoms with E-state index in [1.54, 1.807) is 0 Å². The molecule has 4 heterocycles. The third-order valence-electron chi connectivity index (χ3n) is 5.32. The third kappa shape index (κ3) is 2.49. The van der Waals surface area contributed by atoms with E-state index in [0.717, 1.165) is 64.9 Å². The molecule has 6 heteroatoms. The van der Waals surface area contributed by atoms with Gasteiger partial charge in [-0.1, -0.05) is 0 Å². The van der Waals surface area contributed by atoms with Crippen LogP contribution in [0, 0.1) is 0 Å². The Balaban J connectivity index is 1.43. The van der Waals surface area contributed by atoms with Crippen molar-refractivity contribution in [3.63, 3.8) is 0 Å². The SMILES string of the molecule is O=C(N1CCCC1)N1CCC[C@]2(C[C@@H](n3ccnc3)CO2)C1. The fourth-order valence-electron chi connectivity index (χ4n) is 4.15.